The van der Waals surface area contributed by atoms with Crippen LogP contribution in [0, 0.1) is 17.8 Å². The lowest BCUT2D eigenvalue weighted by Gasteiger charge is -2.09. The van der Waals surface area contributed by atoms with Crippen LogP contribution < -0.4 is 5.32 Å². The first-order chi connectivity index (χ1) is 7.14. The van der Waals surface area contributed by atoms with Gasteiger partial charge in [-0.1, -0.05) is 12.8 Å². The van der Waals surface area contributed by atoms with Gasteiger partial charge in [0, 0.05) is 16.7 Å². The van der Waals surface area contributed by atoms with Gasteiger partial charge in [0.1, 0.15) is 0 Å². The van der Waals surface area contributed by atoms with E-state index in [1.165, 1.54) is 0 Å². The monoisotopic (exact) mass is 199 g/mol. The van der Waals surface area contributed by atoms with Crippen molar-refractivity contribution in [1.82, 2.24) is 0 Å². The summed E-state index contributed by atoms with van der Waals surface area (Å²) in [5.41, 5.74) is 1.50. The lowest BCUT2D eigenvalue weighted by Crippen LogP contribution is -2.21. The largest absolute Gasteiger partial charge is 0.326 e. The second-order valence-corrected chi connectivity index (χ2v) is 4.24. The van der Waals surface area contributed by atoms with Crippen molar-refractivity contribution in [3.05, 3.63) is 29.8 Å². The Hall–Kier alpha value is -1.75. The van der Waals surface area contributed by atoms with E-state index in [1.54, 1.807) is 0 Å². The van der Waals surface area contributed by atoms with Crippen LogP contribution in [0.5, 0.6) is 0 Å². The van der Waals surface area contributed by atoms with Gasteiger partial charge in [-0.25, -0.2) is 0 Å². The van der Waals surface area contributed by atoms with Crippen molar-refractivity contribution in [2.24, 2.45) is 5.41 Å². The van der Waals surface area contributed by atoms with Crippen LogP contribution in [0.2, 0.25) is 0 Å². The van der Waals surface area contributed by atoms with Gasteiger partial charge in [-0.15, -0.1) is 6.42 Å². The molecule has 0 bridgehead atoms. The maximum atomic E-state index is 11.7. The van der Waals surface area contributed by atoms with Crippen molar-refractivity contribution in [2.75, 3.05) is 5.32 Å². The fourth-order valence-corrected chi connectivity index (χ4v) is 1.35. The predicted octanol–water partition coefficient (Wildman–Crippen LogP) is 2.41. The molecule has 0 aromatic heterocycles. The maximum Gasteiger partial charge on any atom is 0.230 e. The Kier molecular flexibility index (Phi) is 2.24. The summed E-state index contributed by atoms with van der Waals surface area (Å²) in [4.78, 5) is 11.7. The minimum Gasteiger partial charge on any atom is -0.326 e. The Labute approximate surface area is 89.7 Å². The number of carbonyl (C=O) groups is 1. The van der Waals surface area contributed by atoms with Gasteiger partial charge >= 0.3 is 0 Å². The van der Waals surface area contributed by atoms with Crippen LogP contribution in [0.25, 0.3) is 0 Å². The van der Waals surface area contributed by atoms with Crippen LogP contribution in [-0.2, 0) is 4.79 Å². The van der Waals surface area contributed by atoms with E-state index >= 15 is 0 Å². The Bertz CT molecular complexity index is 421. The number of terminal acetylenes is 1. The topological polar surface area (TPSA) is 29.1 Å². The first-order valence-corrected chi connectivity index (χ1v) is 5.02. The van der Waals surface area contributed by atoms with Gasteiger partial charge in [0.05, 0.1) is 0 Å². The first kappa shape index (κ1) is 9.79. The standard InChI is InChI=1S/C13H13NO/c1-3-10-4-6-11(7-5-10)14-12(15)13(2)8-9-13/h1,4-7H,8-9H2,2H3,(H,14,15). The molecule has 76 valence electrons. The molecule has 1 aliphatic carbocycles. The van der Waals surface area contributed by atoms with Crippen molar-refractivity contribution >= 4 is 11.6 Å². The molecular weight excluding hydrogens is 186 g/mol. The van der Waals surface area contributed by atoms with Crippen LogP contribution in [0.15, 0.2) is 24.3 Å². The van der Waals surface area contributed by atoms with E-state index in [0.29, 0.717) is 0 Å². The van der Waals surface area contributed by atoms with Gasteiger partial charge in [0.15, 0.2) is 0 Å². The number of hydrogen-bond donors (Lipinski definition) is 1. The van der Waals surface area contributed by atoms with E-state index in [1.807, 2.05) is 31.2 Å². The van der Waals surface area contributed by atoms with Gasteiger partial charge in [-0.2, -0.15) is 0 Å². The van der Waals surface area contributed by atoms with Crippen molar-refractivity contribution in [1.29, 1.82) is 0 Å². The minimum absolute atomic E-state index is 0.107. The number of anilines is 1. The predicted molar refractivity (Wildman–Crippen MR) is 60.3 cm³/mol. The van der Waals surface area contributed by atoms with Gasteiger partial charge in [0.2, 0.25) is 5.91 Å². The SMILES string of the molecule is C#Cc1ccc(NC(=O)C2(C)CC2)cc1. The molecule has 2 nitrogen and oxygen atoms in total. The van der Waals surface area contributed by atoms with Crippen molar-refractivity contribution in [3.63, 3.8) is 0 Å². The summed E-state index contributed by atoms with van der Waals surface area (Å²) >= 11 is 0. The molecule has 2 heteroatoms. The van der Waals surface area contributed by atoms with Gasteiger partial charge < -0.3 is 5.32 Å². The van der Waals surface area contributed by atoms with Crippen LogP contribution in [0.1, 0.15) is 25.3 Å². The Morgan fingerprint density at radius 1 is 1.40 bits per heavy atom. The third kappa shape index (κ3) is 2.02. The summed E-state index contributed by atoms with van der Waals surface area (Å²) in [5, 5.41) is 2.89. The number of hydrogen-bond acceptors (Lipinski definition) is 1. The quantitative estimate of drug-likeness (QED) is 0.728. The summed E-state index contributed by atoms with van der Waals surface area (Å²) in [6.45, 7) is 1.98. The smallest absolute Gasteiger partial charge is 0.230 e. The summed E-state index contributed by atoms with van der Waals surface area (Å²) in [7, 11) is 0. The minimum atomic E-state index is -0.134. The molecule has 1 amide bonds. The maximum absolute atomic E-state index is 11.7. The molecule has 0 spiro atoms. The number of benzene rings is 1. The Morgan fingerprint density at radius 3 is 2.47 bits per heavy atom. The zero-order chi connectivity index (χ0) is 10.9. The lowest BCUT2D eigenvalue weighted by atomic mass is 10.1. The summed E-state index contributed by atoms with van der Waals surface area (Å²) in [6.07, 6.45) is 7.22. The molecule has 1 N–H and O–H groups in total. The lowest BCUT2D eigenvalue weighted by molar-refractivity contribution is -0.120. The van der Waals surface area contributed by atoms with Gasteiger partial charge in [-0.3, -0.25) is 4.79 Å². The van der Waals surface area contributed by atoms with E-state index in [4.69, 9.17) is 6.42 Å². The summed E-state index contributed by atoms with van der Waals surface area (Å²) < 4.78 is 0. The molecule has 0 atom stereocenters. The molecule has 15 heavy (non-hydrogen) atoms. The van der Waals surface area contributed by atoms with Crippen LogP contribution >= 0.6 is 0 Å². The number of nitrogens with one attached hydrogen (secondary N) is 1. The third-order valence-electron chi connectivity index (χ3n) is 2.86. The zero-order valence-corrected chi connectivity index (χ0v) is 8.71. The molecule has 0 radical (unpaired) electrons. The van der Waals surface area contributed by atoms with E-state index in [0.717, 1.165) is 24.1 Å². The van der Waals surface area contributed by atoms with E-state index in [2.05, 4.69) is 11.2 Å². The molecule has 1 fully saturated rings. The molecule has 0 heterocycles. The normalized spacial score (nSPS) is 16.5. The zero-order valence-electron chi connectivity index (χ0n) is 8.71. The third-order valence-corrected chi connectivity index (χ3v) is 2.86. The molecule has 2 rings (SSSR count). The molecule has 1 aliphatic rings. The highest BCUT2D eigenvalue weighted by atomic mass is 16.2. The molecule has 0 saturated heterocycles. The van der Waals surface area contributed by atoms with Crippen LogP contribution in [-0.4, -0.2) is 5.91 Å². The van der Waals surface area contributed by atoms with Crippen LogP contribution in [0.4, 0.5) is 5.69 Å². The van der Waals surface area contributed by atoms with E-state index < -0.39 is 0 Å². The highest BCUT2D eigenvalue weighted by molar-refractivity contribution is 5.96. The molecule has 1 saturated carbocycles. The number of rotatable bonds is 2. The molecular formula is C13H13NO. The molecule has 0 unspecified atom stereocenters. The number of amides is 1. The van der Waals surface area contributed by atoms with Crippen molar-refractivity contribution < 1.29 is 4.79 Å². The molecule has 0 aliphatic heterocycles. The highest BCUT2D eigenvalue weighted by Gasteiger charge is 2.44. The molecule has 1 aromatic carbocycles. The molecule has 1 aromatic rings. The Balaban J connectivity index is 2.05. The fraction of sp³-hybridized carbons (Fsp3) is 0.308. The average molecular weight is 199 g/mol. The second kappa shape index (κ2) is 3.43. The van der Waals surface area contributed by atoms with E-state index in [9.17, 15) is 4.79 Å². The van der Waals surface area contributed by atoms with Gasteiger partial charge in [-0.05, 0) is 37.1 Å². The van der Waals surface area contributed by atoms with E-state index in [-0.39, 0.29) is 11.3 Å². The van der Waals surface area contributed by atoms with Crippen molar-refractivity contribution in [3.8, 4) is 12.3 Å². The fourth-order valence-electron chi connectivity index (χ4n) is 1.35. The summed E-state index contributed by atoms with van der Waals surface area (Å²) in [5.74, 6) is 2.64. The number of carbonyl (C=O) groups excluding carboxylic acids is 1. The second-order valence-electron chi connectivity index (χ2n) is 4.24. The highest BCUT2D eigenvalue weighted by Crippen LogP contribution is 2.45. The van der Waals surface area contributed by atoms with Crippen LogP contribution in [0.3, 0.4) is 0 Å². The summed E-state index contributed by atoms with van der Waals surface area (Å²) in [6, 6.07) is 7.31. The Morgan fingerprint density at radius 2 is 2.00 bits per heavy atom. The first-order valence-electron chi connectivity index (χ1n) is 5.02. The average Bonchev–Trinajstić information content (AvgIpc) is 2.99. The van der Waals surface area contributed by atoms with Gasteiger partial charge in [0.25, 0.3) is 0 Å². The van der Waals surface area contributed by atoms with Crippen molar-refractivity contribution in [2.45, 2.75) is 19.8 Å².